The first kappa shape index (κ1) is 22.0. The van der Waals surface area contributed by atoms with E-state index in [0.717, 1.165) is 48.2 Å². The third-order valence-electron chi connectivity index (χ3n) is 6.90. The highest BCUT2D eigenvalue weighted by Crippen LogP contribution is 2.32. The Kier molecular flexibility index (Phi) is 5.24. The predicted octanol–water partition coefficient (Wildman–Crippen LogP) is 4.30. The molecule has 2 saturated heterocycles. The van der Waals surface area contributed by atoms with Gasteiger partial charge in [0.2, 0.25) is 5.95 Å². The number of fused-ring (bicyclic) bond motifs is 2. The molecule has 2 aromatic heterocycles. The van der Waals surface area contributed by atoms with Gasteiger partial charge in [-0.05, 0) is 49.6 Å². The average Bonchev–Trinajstić information content (AvgIpc) is 3.60. The number of hydrogen-bond acceptors (Lipinski definition) is 7. The van der Waals surface area contributed by atoms with Gasteiger partial charge in [0.25, 0.3) is 5.69 Å². The van der Waals surface area contributed by atoms with Crippen LogP contribution in [0.15, 0.2) is 61.1 Å². The number of nitro benzene ring substituents is 1. The molecule has 182 valence electrons. The fourth-order valence-corrected chi connectivity index (χ4v) is 5.03. The lowest BCUT2D eigenvalue weighted by atomic mass is 10.1. The fourth-order valence-electron chi connectivity index (χ4n) is 5.03. The molecule has 4 heterocycles. The number of hydrogen-bond donors (Lipinski definition) is 1. The molecule has 0 aliphatic carbocycles. The number of nitro groups is 1. The summed E-state index contributed by atoms with van der Waals surface area (Å²) in [4.78, 5) is 40.8. The van der Waals surface area contributed by atoms with Crippen LogP contribution in [-0.4, -0.2) is 54.5 Å². The van der Waals surface area contributed by atoms with E-state index in [-0.39, 0.29) is 17.8 Å². The minimum absolute atomic E-state index is 0.0381. The van der Waals surface area contributed by atoms with Gasteiger partial charge in [-0.3, -0.25) is 19.6 Å². The van der Waals surface area contributed by atoms with Crippen molar-refractivity contribution in [3.05, 3.63) is 76.7 Å². The Morgan fingerprint density at radius 1 is 1.17 bits per heavy atom. The van der Waals surface area contributed by atoms with Gasteiger partial charge in [-0.1, -0.05) is 12.1 Å². The van der Waals surface area contributed by atoms with E-state index >= 15 is 0 Å². The van der Waals surface area contributed by atoms with Crippen molar-refractivity contribution in [2.45, 2.75) is 31.8 Å². The monoisotopic (exact) mass is 484 g/mol. The number of aromatic nitrogens is 4. The third kappa shape index (κ3) is 3.78. The van der Waals surface area contributed by atoms with Gasteiger partial charge >= 0.3 is 6.03 Å². The summed E-state index contributed by atoms with van der Waals surface area (Å²) in [6, 6.07) is 14.3. The minimum atomic E-state index is -0.411. The molecule has 0 bridgehead atoms. The molecule has 2 amide bonds. The average molecular weight is 485 g/mol. The lowest BCUT2D eigenvalue weighted by molar-refractivity contribution is -0.384. The number of rotatable bonds is 6. The quantitative estimate of drug-likeness (QED) is 0.320. The van der Waals surface area contributed by atoms with Gasteiger partial charge in [0.1, 0.15) is 12.1 Å². The number of carbonyl (C=O) groups excluding carboxylic acids is 1. The first-order valence-corrected chi connectivity index (χ1v) is 11.9. The molecule has 11 heteroatoms. The van der Waals surface area contributed by atoms with Crippen molar-refractivity contribution >= 4 is 34.4 Å². The largest absolute Gasteiger partial charge is 0.348 e. The molecule has 2 atom stereocenters. The van der Waals surface area contributed by atoms with Gasteiger partial charge in [0, 0.05) is 37.1 Å². The van der Waals surface area contributed by atoms with Crippen LogP contribution in [0.3, 0.4) is 0 Å². The second-order valence-electron chi connectivity index (χ2n) is 9.13. The van der Waals surface area contributed by atoms with E-state index in [4.69, 9.17) is 0 Å². The van der Waals surface area contributed by atoms with Crippen molar-refractivity contribution in [1.82, 2.24) is 24.4 Å². The molecular formula is C25H24N8O3. The second-order valence-corrected chi connectivity index (χ2v) is 9.13. The second kappa shape index (κ2) is 8.59. The van der Waals surface area contributed by atoms with E-state index in [0.29, 0.717) is 17.8 Å². The number of benzene rings is 2. The Bertz CT molecular complexity index is 1490. The SMILES string of the molecule is CC(Nc1nccc(-n2cnc3cc(N4CC5CCCN5C4=O)ccc32)n1)c1cccc([N+](=O)[O-])c1. The Balaban J connectivity index is 1.24. The first-order valence-electron chi connectivity index (χ1n) is 11.9. The number of non-ortho nitro benzene ring substituents is 1. The Labute approximate surface area is 206 Å². The summed E-state index contributed by atoms with van der Waals surface area (Å²) >= 11 is 0. The summed E-state index contributed by atoms with van der Waals surface area (Å²) in [7, 11) is 0. The van der Waals surface area contributed by atoms with Gasteiger partial charge in [0.15, 0.2) is 0 Å². The van der Waals surface area contributed by atoms with Crippen molar-refractivity contribution in [2.75, 3.05) is 23.3 Å². The zero-order valence-corrected chi connectivity index (χ0v) is 19.6. The van der Waals surface area contributed by atoms with Crippen molar-refractivity contribution in [3.8, 4) is 5.82 Å². The maximum atomic E-state index is 12.8. The molecule has 0 spiro atoms. The van der Waals surface area contributed by atoms with Crippen LogP contribution in [0.25, 0.3) is 16.9 Å². The highest BCUT2D eigenvalue weighted by molar-refractivity contribution is 5.96. The number of imidazole rings is 1. The van der Waals surface area contributed by atoms with E-state index in [2.05, 4.69) is 20.3 Å². The van der Waals surface area contributed by atoms with Gasteiger partial charge < -0.3 is 10.2 Å². The van der Waals surface area contributed by atoms with Crippen LogP contribution in [0.2, 0.25) is 0 Å². The van der Waals surface area contributed by atoms with E-state index in [1.165, 1.54) is 12.1 Å². The summed E-state index contributed by atoms with van der Waals surface area (Å²) < 4.78 is 1.87. The van der Waals surface area contributed by atoms with Crippen LogP contribution in [0.1, 0.15) is 31.4 Å². The zero-order valence-electron chi connectivity index (χ0n) is 19.6. The van der Waals surface area contributed by atoms with E-state index in [9.17, 15) is 14.9 Å². The number of nitrogens with zero attached hydrogens (tertiary/aromatic N) is 7. The Morgan fingerprint density at radius 2 is 2.06 bits per heavy atom. The zero-order chi connectivity index (χ0) is 24.8. The molecule has 2 aromatic carbocycles. The molecule has 11 nitrogen and oxygen atoms in total. The Morgan fingerprint density at radius 3 is 2.89 bits per heavy atom. The normalized spacial score (nSPS) is 18.0. The summed E-state index contributed by atoms with van der Waals surface area (Å²) in [5, 5.41) is 14.3. The summed E-state index contributed by atoms with van der Waals surface area (Å²) in [5.41, 5.74) is 3.28. The molecule has 2 unspecified atom stereocenters. The lowest BCUT2D eigenvalue weighted by Gasteiger charge is -2.17. The fraction of sp³-hybridized carbons (Fsp3) is 0.280. The summed E-state index contributed by atoms with van der Waals surface area (Å²) in [6.45, 7) is 3.45. The van der Waals surface area contributed by atoms with Crippen molar-refractivity contribution in [1.29, 1.82) is 0 Å². The number of nitrogens with one attached hydrogen (secondary N) is 1. The van der Waals surface area contributed by atoms with Gasteiger partial charge in [-0.15, -0.1) is 0 Å². The third-order valence-corrected chi connectivity index (χ3v) is 6.90. The molecule has 0 radical (unpaired) electrons. The molecule has 0 saturated carbocycles. The molecule has 6 rings (SSSR count). The van der Waals surface area contributed by atoms with E-state index < -0.39 is 4.92 Å². The Hall–Kier alpha value is -4.54. The number of carbonyl (C=O) groups is 1. The van der Waals surface area contributed by atoms with Crippen molar-refractivity contribution in [2.24, 2.45) is 0 Å². The minimum Gasteiger partial charge on any atom is -0.348 e. The maximum Gasteiger partial charge on any atom is 0.324 e. The number of urea groups is 1. The molecule has 2 aliphatic heterocycles. The topological polar surface area (TPSA) is 122 Å². The van der Waals surface area contributed by atoms with Crippen LogP contribution in [0.4, 0.5) is 22.1 Å². The highest BCUT2D eigenvalue weighted by atomic mass is 16.6. The van der Waals surface area contributed by atoms with E-state index in [1.54, 1.807) is 24.7 Å². The first-order chi connectivity index (χ1) is 17.5. The highest BCUT2D eigenvalue weighted by Gasteiger charge is 2.40. The smallest absolute Gasteiger partial charge is 0.324 e. The molecule has 4 aromatic rings. The van der Waals surface area contributed by atoms with Crippen molar-refractivity contribution in [3.63, 3.8) is 0 Å². The van der Waals surface area contributed by atoms with E-state index in [1.807, 2.05) is 45.6 Å². The summed E-state index contributed by atoms with van der Waals surface area (Å²) in [5.74, 6) is 1.03. The van der Waals surface area contributed by atoms with Crippen LogP contribution in [0.5, 0.6) is 0 Å². The van der Waals surface area contributed by atoms with Crippen LogP contribution >= 0.6 is 0 Å². The summed E-state index contributed by atoms with van der Waals surface area (Å²) in [6.07, 6.45) is 5.49. The molecule has 2 aliphatic rings. The van der Waals surface area contributed by atoms with Gasteiger partial charge in [-0.2, -0.15) is 4.98 Å². The lowest BCUT2D eigenvalue weighted by Crippen LogP contribution is -2.31. The van der Waals surface area contributed by atoms with Crippen molar-refractivity contribution < 1.29 is 9.72 Å². The van der Waals surface area contributed by atoms with Crippen LogP contribution in [0, 0.1) is 10.1 Å². The standard InChI is InChI=1S/C25H24N8O3/c1-16(17-4-2-5-19(12-17)33(35)36)28-24-26-10-9-23(29-24)32-15-27-21-13-18(7-8-22(21)32)31-14-20-6-3-11-30(20)25(31)34/h2,4-5,7-10,12-13,15-16,20H,3,6,11,14H2,1H3,(H,26,28,29). The van der Waals surface area contributed by atoms with Crippen LogP contribution < -0.4 is 10.2 Å². The number of anilines is 2. The number of amides is 2. The maximum absolute atomic E-state index is 12.8. The van der Waals surface area contributed by atoms with Gasteiger partial charge in [0.05, 0.1) is 28.0 Å². The van der Waals surface area contributed by atoms with Gasteiger partial charge in [-0.25, -0.2) is 14.8 Å². The molecule has 1 N–H and O–H groups in total. The predicted molar refractivity (Wildman–Crippen MR) is 134 cm³/mol. The molecule has 2 fully saturated rings. The molecular weight excluding hydrogens is 460 g/mol. The molecule has 36 heavy (non-hydrogen) atoms. The van der Waals surface area contributed by atoms with Crippen LogP contribution in [-0.2, 0) is 0 Å².